The number of rotatable bonds is 6. The van der Waals surface area contributed by atoms with E-state index in [0.717, 1.165) is 24.1 Å². The van der Waals surface area contributed by atoms with E-state index < -0.39 is 0 Å². The molecule has 3 heteroatoms. The number of pyridine rings is 1. The molecule has 1 aromatic heterocycles. The zero-order valence-corrected chi connectivity index (χ0v) is 10.1. The molecular weight excluding hydrogens is 200 g/mol. The van der Waals surface area contributed by atoms with E-state index >= 15 is 0 Å². The summed E-state index contributed by atoms with van der Waals surface area (Å²) in [5, 5.41) is 0. The number of Topliss-reactive ketones (excluding diaryl/α,β-unsaturated/α-hetero) is 1. The number of ketones is 1. The third-order valence-corrected chi connectivity index (χ3v) is 2.66. The van der Waals surface area contributed by atoms with Crippen molar-refractivity contribution in [2.24, 2.45) is 11.7 Å². The first-order chi connectivity index (χ1) is 7.67. The molecule has 0 bridgehead atoms. The summed E-state index contributed by atoms with van der Waals surface area (Å²) < 4.78 is 0. The molecule has 0 fully saturated rings. The van der Waals surface area contributed by atoms with Crippen molar-refractivity contribution in [2.45, 2.75) is 39.7 Å². The van der Waals surface area contributed by atoms with Gasteiger partial charge in [-0.1, -0.05) is 26.7 Å². The van der Waals surface area contributed by atoms with Gasteiger partial charge in [-0.15, -0.1) is 0 Å². The lowest BCUT2D eigenvalue weighted by Crippen LogP contribution is -2.08. The van der Waals surface area contributed by atoms with Crippen LogP contribution in [0, 0.1) is 5.92 Å². The Hall–Kier alpha value is -1.22. The molecule has 88 valence electrons. The largest absolute Gasteiger partial charge is 0.325 e. The molecule has 3 nitrogen and oxygen atoms in total. The highest BCUT2D eigenvalue weighted by Gasteiger charge is 2.11. The van der Waals surface area contributed by atoms with E-state index in [1.54, 1.807) is 18.3 Å². The Morgan fingerprint density at radius 1 is 1.56 bits per heavy atom. The van der Waals surface area contributed by atoms with Crippen molar-refractivity contribution in [1.29, 1.82) is 0 Å². The number of carbonyl (C=O) groups excluding carboxylic acids is 1. The van der Waals surface area contributed by atoms with Gasteiger partial charge < -0.3 is 5.73 Å². The molecule has 1 rings (SSSR count). The Bertz CT molecular complexity index is 350. The van der Waals surface area contributed by atoms with E-state index in [0.29, 0.717) is 18.9 Å². The fourth-order valence-corrected chi connectivity index (χ4v) is 1.79. The third kappa shape index (κ3) is 3.74. The quantitative estimate of drug-likeness (QED) is 0.749. The number of hydrogen-bond acceptors (Lipinski definition) is 3. The lowest BCUT2D eigenvalue weighted by Gasteiger charge is -2.09. The van der Waals surface area contributed by atoms with E-state index in [-0.39, 0.29) is 5.78 Å². The summed E-state index contributed by atoms with van der Waals surface area (Å²) in [7, 11) is 0. The summed E-state index contributed by atoms with van der Waals surface area (Å²) in [4.78, 5) is 16.0. The number of nitrogens with two attached hydrogens (primary N) is 1. The Kier molecular flexibility index (Phi) is 5.12. The Balaban J connectivity index is 2.65. The van der Waals surface area contributed by atoms with Crippen molar-refractivity contribution in [3.63, 3.8) is 0 Å². The van der Waals surface area contributed by atoms with Crippen LogP contribution in [0.15, 0.2) is 18.3 Å². The van der Waals surface area contributed by atoms with Gasteiger partial charge in [0.05, 0.1) is 5.69 Å². The van der Waals surface area contributed by atoms with E-state index in [1.807, 2.05) is 0 Å². The summed E-state index contributed by atoms with van der Waals surface area (Å²) in [5.74, 6) is 0.644. The SMILES string of the molecule is CCCC(C)CC(=O)c1ccnc(CN)c1. The van der Waals surface area contributed by atoms with Gasteiger partial charge in [0.2, 0.25) is 0 Å². The molecule has 0 saturated carbocycles. The van der Waals surface area contributed by atoms with Crippen LogP contribution in [-0.4, -0.2) is 10.8 Å². The zero-order valence-electron chi connectivity index (χ0n) is 10.1. The summed E-state index contributed by atoms with van der Waals surface area (Å²) in [5.41, 5.74) is 7.00. The molecule has 0 radical (unpaired) electrons. The molecular formula is C13H20N2O. The van der Waals surface area contributed by atoms with E-state index in [4.69, 9.17) is 5.73 Å². The summed E-state index contributed by atoms with van der Waals surface area (Å²) in [6.45, 7) is 4.64. The molecule has 1 unspecified atom stereocenters. The van der Waals surface area contributed by atoms with Gasteiger partial charge in [0, 0.05) is 24.7 Å². The first kappa shape index (κ1) is 12.8. The van der Waals surface area contributed by atoms with Gasteiger partial charge in [-0.05, 0) is 18.1 Å². The van der Waals surface area contributed by atoms with Crippen molar-refractivity contribution in [3.8, 4) is 0 Å². The minimum absolute atomic E-state index is 0.193. The molecule has 1 atom stereocenters. The topological polar surface area (TPSA) is 56.0 Å². The van der Waals surface area contributed by atoms with Crippen molar-refractivity contribution < 1.29 is 4.79 Å². The highest BCUT2D eigenvalue weighted by atomic mass is 16.1. The Labute approximate surface area is 97.1 Å². The summed E-state index contributed by atoms with van der Waals surface area (Å²) in [6.07, 6.45) is 4.49. The molecule has 0 aliphatic heterocycles. The van der Waals surface area contributed by atoms with E-state index in [2.05, 4.69) is 18.8 Å². The average Bonchev–Trinajstić information content (AvgIpc) is 2.29. The zero-order chi connectivity index (χ0) is 12.0. The second-order valence-electron chi connectivity index (χ2n) is 4.26. The lowest BCUT2D eigenvalue weighted by atomic mass is 9.96. The van der Waals surface area contributed by atoms with Gasteiger partial charge in [-0.2, -0.15) is 0 Å². The van der Waals surface area contributed by atoms with Gasteiger partial charge in [0.25, 0.3) is 0 Å². The molecule has 16 heavy (non-hydrogen) atoms. The molecule has 1 aromatic rings. The normalized spacial score (nSPS) is 12.4. The fourth-order valence-electron chi connectivity index (χ4n) is 1.79. The van der Waals surface area contributed by atoms with Crippen LogP contribution >= 0.6 is 0 Å². The van der Waals surface area contributed by atoms with Crippen molar-refractivity contribution in [3.05, 3.63) is 29.6 Å². The van der Waals surface area contributed by atoms with Gasteiger partial charge in [0.1, 0.15) is 0 Å². The number of aromatic nitrogens is 1. The first-order valence-corrected chi connectivity index (χ1v) is 5.85. The average molecular weight is 220 g/mol. The highest BCUT2D eigenvalue weighted by molar-refractivity contribution is 5.96. The second kappa shape index (κ2) is 6.38. The van der Waals surface area contributed by atoms with Crippen LogP contribution < -0.4 is 5.73 Å². The number of nitrogens with zero attached hydrogens (tertiary/aromatic N) is 1. The van der Waals surface area contributed by atoms with Crippen LogP contribution in [0.1, 0.15) is 49.2 Å². The van der Waals surface area contributed by atoms with Crippen molar-refractivity contribution in [2.75, 3.05) is 0 Å². The van der Waals surface area contributed by atoms with Gasteiger partial charge >= 0.3 is 0 Å². The van der Waals surface area contributed by atoms with Crippen LogP contribution in [0.4, 0.5) is 0 Å². The molecule has 1 heterocycles. The van der Waals surface area contributed by atoms with Gasteiger partial charge in [-0.25, -0.2) is 0 Å². The molecule has 0 amide bonds. The van der Waals surface area contributed by atoms with Gasteiger partial charge in [0.15, 0.2) is 5.78 Å². The van der Waals surface area contributed by atoms with Crippen LogP contribution in [0.2, 0.25) is 0 Å². The predicted octanol–water partition coefficient (Wildman–Crippen LogP) is 2.55. The monoisotopic (exact) mass is 220 g/mol. The van der Waals surface area contributed by atoms with Crippen LogP contribution in [-0.2, 0) is 6.54 Å². The molecule has 0 saturated heterocycles. The van der Waals surface area contributed by atoms with Crippen molar-refractivity contribution in [1.82, 2.24) is 4.98 Å². The lowest BCUT2D eigenvalue weighted by molar-refractivity contribution is 0.0962. The van der Waals surface area contributed by atoms with E-state index in [1.165, 1.54) is 0 Å². The highest BCUT2D eigenvalue weighted by Crippen LogP contribution is 2.14. The number of hydrogen-bond donors (Lipinski definition) is 1. The van der Waals surface area contributed by atoms with Crippen LogP contribution in [0.3, 0.4) is 0 Å². The predicted molar refractivity (Wildman–Crippen MR) is 65.1 cm³/mol. The Morgan fingerprint density at radius 2 is 2.31 bits per heavy atom. The molecule has 0 aliphatic carbocycles. The maximum atomic E-state index is 11.9. The van der Waals surface area contributed by atoms with Crippen LogP contribution in [0.25, 0.3) is 0 Å². The molecule has 0 aromatic carbocycles. The molecule has 0 aliphatic rings. The second-order valence-corrected chi connectivity index (χ2v) is 4.26. The van der Waals surface area contributed by atoms with Gasteiger partial charge in [-0.3, -0.25) is 9.78 Å². The van der Waals surface area contributed by atoms with Crippen molar-refractivity contribution >= 4 is 5.78 Å². The minimum Gasteiger partial charge on any atom is -0.325 e. The maximum Gasteiger partial charge on any atom is 0.163 e. The van der Waals surface area contributed by atoms with Crippen LogP contribution in [0.5, 0.6) is 0 Å². The summed E-state index contributed by atoms with van der Waals surface area (Å²) >= 11 is 0. The standard InChI is InChI=1S/C13H20N2O/c1-3-4-10(2)7-13(16)11-5-6-15-12(8-11)9-14/h5-6,8,10H,3-4,7,9,14H2,1-2H3. The third-order valence-electron chi connectivity index (χ3n) is 2.66. The Morgan fingerprint density at radius 3 is 2.94 bits per heavy atom. The van der Waals surface area contributed by atoms with E-state index in [9.17, 15) is 4.79 Å². The molecule has 0 spiro atoms. The minimum atomic E-state index is 0.193. The maximum absolute atomic E-state index is 11.9. The molecule has 2 N–H and O–H groups in total. The fraction of sp³-hybridized carbons (Fsp3) is 0.538. The number of carbonyl (C=O) groups is 1. The first-order valence-electron chi connectivity index (χ1n) is 5.85. The summed E-state index contributed by atoms with van der Waals surface area (Å²) in [6, 6.07) is 3.56. The smallest absolute Gasteiger partial charge is 0.163 e.